The Kier molecular flexibility index (Phi) is 4.57. The highest BCUT2D eigenvalue weighted by Gasteiger charge is 2.22. The topological polar surface area (TPSA) is 43.9 Å². The molecule has 0 aliphatic rings. The van der Waals surface area contributed by atoms with Gasteiger partial charge in [0, 0.05) is 41.9 Å². The fourth-order valence-electron chi connectivity index (χ4n) is 6.66. The third-order valence-corrected chi connectivity index (χ3v) is 9.75. The van der Waals surface area contributed by atoms with Crippen molar-refractivity contribution in [3.63, 3.8) is 0 Å². The van der Waals surface area contributed by atoms with Crippen molar-refractivity contribution in [1.29, 1.82) is 0 Å². The Balaban J connectivity index is 1.35. The van der Waals surface area contributed by atoms with Crippen molar-refractivity contribution in [2.75, 3.05) is 0 Å². The van der Waals surface area contributed by atoms with Gasteiger partial charge in [-0.05, 0) is 47.2 Å². The normalized spacial score (nSPS) is 12.2. The monoisotopic (exact) mass is 567 g/mol. The summed E-state index contributed by atoms with van der Waals surface area (Å²) < 4.78 is 11.2. The number of aromatic nitrogens is 3. The predicted octanol–water partition coefficient (Wildman–Crippen LogP) is 10.7. The van der Waals surface area contributed by atoms with Crippen molar-refractivity contribution in [3.05, 3.63) is 127 Å². The maximum atomic E-state index is 6.42. The van der Waals surface area contributed by atoms with Gasteiger partial charge in [-0.1, -0.05) is 91.0 Å². The minimum Gasteiger partial charge on any atom is -0.437 e. The van der Waals surface area contributed by atoms with E-state index >= 15 is 0 Å². The molecule has 0 saturated heterocycles. The number of para-hydroxylation sites is 2. The highest BCUT2D eigenvalue weighted by Crippen LogP contribution is 2.41. The van der Waals surface area contributed by atoms with Gasteiger partial charge in [-0.15, -0.1) is 11.3 Å². The molecule has 0 aliphatic heterocycles. The molecule has 0 N–H and O–H groups in total. The molecule has 4 heterocycles. The standard InChI is InChI=1S/C38H21N3OS/c1-2-10-23-19-24(18-17-22(23)9-1)36-35-27-13-4-7-15-32(27)42-37(35)40-38(39-36)41-30-14-6-3-11-25(30)28-21-34-29(20-31(28)41)26-12-5-8-16-33(26)43-34/h1-21H. The van der Waals surface area contributed by atoms with Gasteiger partial charge in [-0.3, -0.25) is 4.57 Å². The van der Waals surface area contributed by atoms with Crippen LogP contribution in [0, 0.1) is 0 Å². The van der Waals surface area contributed by atoms with Gasteiger partial charge in [0.2, 0.25) is 11.7 Å². The second kappa shape index (κ2) is 8.51. The summed E-state index contributed by atoms with van der Waals surface area (Å²) in [7, 11) is 0. The first-order valence-corrected chi connectivity index (χ1v) is 15.2. The van der Waals surface area contributed by atoms with Gasteiger partial charge in [-0.2, -0.15) is 4.98 Å². The van der Waals surface area contributed by atoms with Crippen molar-refractivity contribution >= 4 is 86.2 Å². The molecule has 0 amide bonds. The lowest BCUT2D eigenvalue weighted by Crippen LogP contribution is -2.02. The van der Waals surface area contributed by atoms with Crippen LogP contribution in [0.5, 0.6) is 0 Å². The van der Waals surface area contributed by atoms with Crippen LogP contribution in [-0.4, -0.2) is 14.5 Å². The van der Waals surface area contributed by atoms with Crippen LogP contribution in [-0.2, 0) is 0 Å². The second-order valence-electron chi connectivity index (χ2n) is 11.0. The molecule has 10 rings (SSSR count). The third-order valence-electron chi connectivity index (χ3n) is 8.62. The van der Waals surface area contributed by atoms with Gasteiger partial charge in [-0.25, -0.2) is 4.98 Å². The SMILES string of the molecule is c1ccc2cc(-c3nc(-n4c5ccccc5c5cc6sc7ccccc7c6cc54)nc4oc5ccccc5c34)ccc2c1. The molecule has 4 aromatic heterocycles. The van der Waals surface area contributed by atoms with Crippen LogP contribution >= 0.6 is 11.3 Å². The van der Waals surface area contributed by atoms with E-state index in [1.54, 1.807) is 0 Å². The van der Waals surface area contributed by atoms with Crippen molar-refractivity contribution in [3.8, 4) is 17.2 Å². The van der Waals surface area contributed by atoms with E-state index in [-0.39, 0.29) is 0 Å². The molecule has 6 aromatic carbocycles. The molecule has 200 valence electrons. The van der Waals surface area contributed by atoms with Gasteiger partial charge < -0.3 is 4.42 Å². The molecule has 10 aromatic rings. The van der Waals surface area contributed by atoms with Gasteiger partial charge in [0.15, 0.2) is 0 Å². The quantitative estimate of drug-likeness (QED) is 0.209. The average molecular weight is 568 g/mol. The summed E-state index contributed by atoms with van der Waals surface area (Å²) >= 11 is 1.84. The molecule has 43 heavy (non-hydrogen) atoms. The van der Waals surface area contributed by atoms with Crippen LogP contribution in [0.4, 0.5) is 0 Å². The van der Waals surface area contributed by atoms with E-state index < -0.39 is 0 Å². The summed E-state index contributed by atoms with van der Waals surface area (Å²) in [6.07, 6.45) is 0. The Morgan fingerprint density at radius 1 is 0.535 bits per heavy atom. The van der Waals surface area contributed by atoms with E-state index in [0.29, 0.717) is 11.7 Å². The van der Waals surface area contributed by atoms with Crippen LogP contribution in [0.3, 0.4) is 0 Å². The second-order valence-corrected chi connectivity index (χ2v) is 12.1. The first-order valence-electron chi connectivity index (χ1n) is 14.3. The van der Waals surface area contributed by atoms with Gasteiger partial charge >= 0.3 is 0 Å². The van der Waals surface area contributed by atoms with Crippen molar-refractivity contribution < 1.29 is 4.42 Å². The Morgan fingerprint density at radius 3 is 2.23 bits per heavy atom. The van der Waals surface area contributed by atoms with E-state index in [0.717, 1.165) is 38.6 Å². The van der Waals surface area contributed by atoms with Crippen molar-refractivity contribution in [1.82, 2.24) is 14.5 Å². The number of thiophene rings is 1. The van der Waals surface area contributed by atoms with Crippen LogP contribution in [0.25, 0.3) is 92.0 Å². The zero-order chi connectivity index (χ0) is 28.1. The number of fused-ring (bicyclic) bond motifs is 10. The van der Waals surface area contributed by atoms with E-state index in [1.165, 1.54) is 41.7 Å². The lowest BCUT2D eigenvalue weighted by Gasteiger charge is -2.10. The number of nitrogens with zero attached hydrogens (tertiary/aromatic N) is 3. The Labute approximate surface area is 249 Å². The smallest absolute Gasteiger partial charge is 0.238 e. The van der Waals surface area contributed by atoms with Crippen molar-refractivity contribution in [2.45, 2.75) is 0 Å². The van der Waals surface area contributed by atoms with Gasteiger partial charge in [0.1, 0.15) is 5.58 Å². The number of rotatable bonds is 2. The predicted molar refractivity (Wildman–Crippen MR) is 179 cm³/mol. The summed E-state index contributed by atoms with van der Waals surface area (Å²) in [5, 5.41) is 9.20. The van der Waals surface area contributed by atoms with Crippen LogP contribution in [0.2, 0.25) is 0 Å². The molecule has 0 unspecified atom stereocenters. The summed E-state index contributed by atoms with van der Waals surface area (Å²) in [6.45, 7) is 0. The highest BCUT2D eigenvalue weighted by molar-refractivity contribution is 7.25. The molecule has 0 saturated carbocycles. The zero-order valence-electron chi connectivity index (χ0n) is 22.8. The van der Waals surface area contributed by atoms with Gasteiger partial charge in [0.05, 0.1) is 22.1 Å². The first-order chi connectivity index (χ1) is 21.3. The van der Waals surface area contributed by atoms with E-state index in [1.807, 2.05) is 29.5 Å². The number of hydrogen-bond acceptors (Lipinski definition) is 4. The average Bonchev–Trinajstić information content (AvgIpc) is 3.72. The molecule has 0 bridgehead atoms. The summed E-state index contributed by atoms with van der Waals surface area (Å²) in [5.74, 6) is 0.597. The molecule has 0 radical (unpaired) electrons. The lowest BCUT2D eigenvalue weighted by molar-refractivity contribution is 0.651. The van der Waals surface area contributed by atoms with E-state index in [9.17, 15) is 0 Å². The molecule has 0 fully saturated rings. The highest BCUT2D eigenvalue weighted by atomic mass is 32.1. The van der Waals surface area contributed by atoms with Crippen LogP contribution < -0.4 is 0 Å². The molecular weight excluding hydrogens is 547 g/mol. The Bertz CT molecular complexity index is 2750. The fourth-order valence-corrected chi connectivity index (χ4v) is 7.79. The molecule has 0 aliphatic carbocycles. The minimum atomic E-state index is 0.586. The molecule has 0 atom stereocenters. The maximum absolute atomic E-state index is 6.42. The zero-order valence-corrected chi connectivity index (χ0v) is 23.6. The maximum Gasteiger partial charge on any atom is 0.238 e. The fraction of sp³-hybridized carbons (Fsp3) is 0. The minimum absolute atomic E-state index is 0.586. The first kappa shape index (κ1) is 23.1. The molecule has 4 nitrogen and oxygen atoms in total. The van der Waals surface area contributed by atoms with E-state index in [2.05, 4.69) is 114 Å². The van der Waals surface area contributed by atoms with Gasteiger partial charge in [0.25, 0.3) is 0 Å². The molecular formula is C38H21N3OS. The van der Waals surface area contributed by atoms with Crippen molar-refractivity contribution in [2.24, 2.45) is 0 Å². The summed E-state index contributed by atoms with van der Waals surface area (Å²) in [6, 6.07) is 44.9. The number of benzene rings is 6. The summed E-state index contributed by atoms with van der Waals surface area (Å²) in [5.41, 5.74) is 5.44. The Hall–Kier alpha value is -5.52. The van der Waals surface area contributed by atoms with E-state index in [4.69, 9.17) is 14.4 Å². The van der Waals surface area contributed by atoms with Crippen LogP contribution in [0.15, 0.2) is 132 Å². The summed E-state index contributed by atoms with van der Waals surface area (Å²) in [4.78, 5) is 10.5. The van der Waals surface area contributed by atoms with Crippen LogP contribution in [0.1, 0.15) is 0 Å². The number of hydrogen-bond donors (Lipinski definition) is 0. The molecule has 5 heteroatoms. The third kappa shape index (κ3) is 3.25. The lowest BCUT2D eigenvalue weighted by atomic mass is 10.0. The largest absolute Gasteiger partial charge is 0.437 e. The number of furan rings is 1. The molecule has 0 spiro atoms. The Morgan fingerprint density at radius 2 is 1.30 bits per heavy atom.